The Labute approximate surface area is 176 Å². The third-order valence-electron chi connectivity index (χ3n) is 6.59. The second-order valence-corrected chi connectivity index (χ2v) is 8.64. The van der Waals surface area contributed by atoms with Crippen molar-refractivity contribution < 1.29 is 19.1 Å². The predicted molar refractivity (Wildman–Crippen MR) is 115 cm³/mol. The van der Waals surface area contributed by atoms with Crippen LogP contribution in [0, 0.1) is 6.92 Å². The molecule has 2 aromatic carbocycles. The van der Waals surface area contributed by atoms with Crippen LogP contribution in [0.4, 0.5) is 0 Å². The minimum absolute atomic E-state index is 0.253. The van der Waals surface area contributed by atoms with Crippen molar-refractivity contribution in [2.45, 2.75) is 63.7 Å². The van der Waals surface area contributed by atoms with Gasteiger partial charge in [-0.05, 0) is 50.3 Å². The number of amides is 1. The number of furan rings is 1. The monoisotopic (exact) mass is 405 g/mol. The van der Waals surface area contributed by atoms with E-state index in [1.54, 1.807) is 0 Å². The fourth-order valence-corrected chi connectivity index (χ4v) is 5.08. The Hall–Kier alpha value is -2.79. The Balaban J connectivity index is 1.46. The third-order valence-corrected chi connectivity index (χ3v) is 6.59. The van der Waals surface area contributed by atoms with Crippen LogP contribution >= 0.6 is 0 Å². The lowest BCUT2D eigenvalue weighted by Gasteiger charge is -2.43. The highest BCUT2D eigenvalue weighted by molar-refractivity contribution is 6.00. The van der Waals surface area contributed by atoms with Gasteiger partial charge < -0.3 is 19.6 Å². The molecule has 0 saturated heterocycles. The SMILES string of the molecule is Cc1c(C(=O)NCc2ccccc2)oc2ccc3c(c12)C(O)CC1(CCCCC1)O3. The number of carbonyl (C=O) groups is 1. The van der Waals surface area contributed by atoms with Gasteiger partial charge in [-0.15, -0.1) is 0 Å². The van der Waals surface area contributed by atoms with Gasteiger partial charge in [0.05, 0.1) is 6.10 Å². The Morgan fingerprint density at radius 2 is 1.90 bits per heavy atom. The molecule has 1 aliphatic heterocycles. The molecule has 3 aromatic rings. The summed E-state index contributed by atoms with van der Waals surface area (Å²) < 4.78 is 12.4. The van der Waals surface area contributed by atoms with Crippen molar-refractivity contribution in [1.82, 2.24) is 5.32 Å². The van der Waals surface area contributed by atoms with Gasteiger partial charge in [0, 0.05) is 29.5 Å². The van der Waals surface area contributed by atoms with Crippen LogP contribution in [0.2, 0.25) is 0 Å². The maximum absolute atomic E-state index is 12.8. The zero-order valence-corrected chi connectivity index (χ0v) is 17.2. The van der Waals surface area contributed by atoms with E-state index >= 15 is 0 Å². The number of aryl methyl sites for hydroxylation is 1. The first-order valence-corrected chi connectivity index (χ1v) is 10.8. The predicted octanol–water partition coefficient (Wildman–Crippen LogP) is 5.19. The molecule has 30 heavy (non-hydrogen) atoms. The zero-order chi connectivity index (χ0) is 20.7. The summed E-state index contributed by atoms with van der Waals surface area (Å²) in [6.45, 7) is 2.31. The van der Waals surface area contributed by atoms with Crippen LogP contribution in [0.1, 0.15) is 71.9 Å². The zero-order valence-electron chi connectivity index (χ0n) is 17.2. The molecule has 1 atom stereocenters. The van der Waals surface area contributed by atoms with E-state index < -0.39 is 6.10 Å². The molecule has 156 valence electrons. The van der Waals surface area contributed by atoms with Gasteiger partial charge in [0.1, 0.15) is 16.9 Å². The summed E-state index contributed by atoms with van der Waals surface area (Å²) in [6, 6.07) is 13.5. The lowest BCUT2D eigenvalue weighted by molar-refractivity contribution is -0.0373. The van der Waals surface area contributed by atoms with E-state index in [2.05, 4.69) is 5.32 Å². The molecule has 2 aliphatic rings. The second kappa shape index (κ2) is 7.47. The van der Waals surface area contributed by atoms with Crippen LogP contribution in [0.3, 0.4) is 0 Å². The quantitative estimate of drug-likeness (QED) is 0.629. The summed E-state index contributed by atoms with van der Waals surface area (Å²) in [5.41, 5.74) is 2.88. The number of carbonyl (C=O) groups excluding carboxylic acids is 1. The number of hydrogen-bond donors (Lipinski definition) is 2. The molecule has 2 N–H and O–H groups in total. The lowest BCUT2D eigenvalue weighted by atomic mass is 9.77. The molecule has 1 fully saturated rings. The van der Waals surface area contributed by atoms with E-state index in [1.807, 2.05) is 49.4 Å². The molecule has 1 amide bonds. The average Bonchev–Trinajstić information content (AvgIpc) is 3.10. The van der Waals surface area contributed by atoms with E-state index in [-0.39, 0.29) is 11.5 Å². The smallest absolute Gasteiger partial charge is 0.287 e. The lowest BCUT2D eigenvalue weighted by Crippen LogP contribution is -2.42. The summed E-state index contributed by atoms with van der Waals surface area (Å²) in [5, 5.41) is 14.8. The Morgan fingerprint density at radius 3 is 2.67 bits per heavy atom. The average molecular weight is 405 g/mol. The molecule has 2 heterocycles. The van der Waals surface area contributed by atoms with Gasteiger partial charge in [-0.3, -0.25) is 4.79 Å². The Kier molecular flexibility index (Phi) is 4.78. The first-order valence-electron chi connectivity index (χ1n) is 10.8. The summed E-state index contributed by atoms with van der Waals surface area (Å²) in [7, 11) is 0. The number of rotatable bonds is 3. The van der Waals surface area contributed by atoms with E-state index in [4.69, 9.17) is 9.15 Å². The summed E-state index contributed by atoms with van der Waals surface area (Å²) in [4.78, 5) is 12.8. The van der Waals surface area contributed by atoms with Gasteiger partial charge >= 0.3 is 0 Å². The Bertz CT molecular complexity index is 1080. The maximum atomic E-state index is 12.8. The number of benzene rings is 2. The highest BCUT2D eigenvalue weighted by atomic mass is 16.5. The van der Waals surface area contributed by atoms with Crippen LogP contribution in [0.15, 0.2) is 46.9 Å². The fraction of sp³-hybridized carbons (Fsp3) is 0.400. The first-order chi connectivity index (χ1) is 14.6. The fourth-order valence-electron chi connectivity index (χ4n) is 5.08. The molecule has 1 saturated carbocycles. The normalized spacial score (nSPS) is 20.0. The summed E-state index contributed by atoms with van der Waals surface area (Å²) in [6.07, 6.45) is 5.46. The third kappa shape index (κ3) is 3.27. The molecule has 5 rings (SSSR count). The minimum Gasteiger partial charge on any atom is -0.487 e. The van der Waals surface area contributed by atoms with Crippen molar-refractivity contribution in [2.75, 3.05) is 0 Å². The largest absolute Gasteiger partial charge is 0.487 e. The number of aliphatic hydroxyl groups excluding tert-OH is 1. The van der Waals surface area contributed by atoms with Gasteiger partial charge in [-0.2, -0.15) is 0 Å². The van der Waals surface area contributed by atoms with Gasteiger partial charge in [0.2, 0.25) is 0 Å². The molecule has 5 heteroatoms. The van der Waals surface area contributed by atoms with Gasteiger partial charge in [-0.25, -0.2) is 0 Å². The van der Waals surface area contributed by atoms with Crippen molar-refractivity contribution in [3.8, 4) is 5.75 Å². The first kappa shape index (κ1) is 19.2. The number of ether oxygens (including phenoxy) is 1. The topological polar surface area (TPSA) is 71.7 Å². The van der Waals surface area contributed by atoms with E-state index in [1.165, 1.54) is 6.42 Å². The molecule has 5 nitrogen and oxygen atoms in total. The molecule has 1 aromatic heterocycles. The second-order valence-electron chi connectivity index (χ2n) is 8.64. The van der Waals surface area contributed by atoms with Crippen LogP contribution in [0.5, 0.6) is 5.75 Å². The van der Waals surface area contributed by atoms with Gasteiger partial charge in [0.15, 0.2) is 5.76 Å². The number of hydrogen-bond acceptors (Lipinski definition) is 4. The van der Waals surface area contributed by atoms with Crippen molar-refractivity contribution in [2.24, 2.45) is 0 Å². The standard InChI is InChI=1S/C25H27NO4/c1-16-21-19(29-23(16)24(28)26-15-17-8-4-2-5-9-17)10-11-20-22(21)18(27)14-25(30-20)12-6-3-7-13-25/h2,4-5,8-11,18,27H,3,6-7,12-15H2,1H3,(H,26,28). The molecule has 0 bridgehead atoms. The molecule has 1 unspecified atom stereocenters. The summed E-state index contributed by atoms with van der Waals surface area (Å²) >= 11 is 0. The van der Waals surface area contributed by atoms with Crippen molar-refractivity contribution in [3.63, 3.8) is 0 Å². The molecule has 1 aliphatic carbocycles. The van der Waals surface area contributed by atoms with Crippen molar-refractivity contribution >= 4 is 16.9 Å². The molecule has 1 spiro atoms. The van der Waals surface area contributed by atoms with E-state index in [0.717, 1.165) is 53.5 Å². The number of nitrogens with one attached hydrogen (secondary N) is 1. The molecular weight excluding hydrogens is 378 g/mol. The Morgan fingerprint density at radius 1 is 1.13 bits per heavy atom. The van der Waals surface area contributed by atoms with Crippen LogP contribution in [-0.2, 0) is 6.54 Å². The number of aliphatic hydroxyl groups is 1. The molecular formula is C25H27NO4. The minimum atomic E-state index is -0.618. The summed E-state index contributed by atoms with van der Waals surface area (Å²) in [5.74, 6) is 0.763. The van der Waals surface area contributed by atoms with Crippen molar-refractivity contribution in [3.05, 3.63) is 64.9 Å². The van der Waals surface area contributed by atoms with Crippen molar-refractivity contribution in [1.29, 1.82) is 0 Å². The molecule has 0 radical (unpaired) electrons. The van der Waals surface area contributed by atoms with Crippen LogP contribution in [-0.4, -0.2) is 16.6 Å². The number of fused-ring (bicyclic) bond motifs is 3. The highest BCUT2D eigenvalue weighted by Crippen LogP contribution is 2.49. The highest BCUT2D eigenvalue weighted by Gasteiger charge is 2.42. The van der Waals surface area contributed by atoms with Gasteiger partial charge in [0.25, 0.3) is 5.91 Å². The van der Waals surface area contributed by atoms with Crippen LogP contribution < -0.4 is 10.1 Å². The maximum Gasteiger partial charge on any atom is 0.287 e. The van der Waals surface area contributed by atoms with Gasteiger partial charge in [-0.1, -0.05) is 36.8 Å². The van der Waals surface area contributed by atoms with Crippen LogP contribution in [0.25, 0.3) is 11.0 Å². The van der Waals surface area contributed by atoms with E-state index in [0.29, 0.717) is 24.3 Å². The van der Waals surface area contributed by atoms with E-state index in [9.17, 15) is 9.90 Å².